The van der Waals surface area contributed by atoms with Crippen molar-refractivity contribution >= 4 is 5.69 Å². The van der Waals surface area contributed by atoms with E-state index in [1.807, 2.05) is 12.1 Å². The van der Waals surface area contributed by atoms with E-state index >= 15 is 0 Å². The molecule has 1 aromatic rings. The fourth-order valence-corrected chi connectivity index (χ4v) is 4.82. The maximum atomic E-state index is 6.04. The molecular formula is C18H25NO3. The Kier molecular flexibility index (Phi) is 3.35. The van der Waals surface area contributed by atoms with Crippen LogP contribution >= 0.6 is 0 Å². The Bertz CT molecular complexity index is 567. The van der Waals surface area contributed by atoms with Gasteiger partial charge in [0.05, 0.1) is 19.8 Å². The highest BCUT2D eigenvalue weighted by molar-refractivity contribution is 5.52. The van der Waals surface area contributed by atoms with Gasteiger partial charge in [0.15, 0.2) is 5.79 Å². The van der Waals surface area contributed by atoms with Crippen LogP contribution in [-0.2, 0) is 14.9 Å². The number of anilines is 1. The van der Waals surface area contributed by atoms with E-state index in [0.29, 0.717) is 5.92 Å². The lowest BCUT2D eigenvalue weighted by atomic mass is 9.59. The highest BCUT2D eigenvalue weighted by atomic mass is 16.7. The van der Waals surface area contributed by atoms with Gasteiger partial charge in [0.2, 0.25) is 0 Å². The molecule has 4 heteroatoms. The zero-order valence-electron chi connectivity index (χ0n) is 13.3. The monoisotopic (exact) mass is 303 g/mol. The number of ether oxygens (including phenoxy) is 3. The Morgan fingerprint density at radius 3 is 2.77 bits per heavy atom. The second-order valence-electron chi connectivity index (χ2n) is 6.91. The van der Waals surface area contributed by atoms with E-state index in [4.69, 9.17) is 19.9 Å². The third-order valence-corrected chi connectivity index (χ3v) is 6.00. The Labute approximate surface area is 131 Å². The van der Waals surface area contributed by atoms with Crippen LogP contribution in [0.4, 0.5) is 5.69 Å². The molecule has 0 bridgehead atoms. The van der Waals surface area contributed by atoms with Crippen LogP contribution in [-0.4, -0.2) is 25.6 Å². The van der Waals surface area contributed by atoms with Crippen molar-refractivity contribution in [2.45, 2.75) is 50.2 Å². The molecule has 2 heterocycles. The summed E-state index contributed by atoms with van der Waals surface area (Å²) in [6, 6.07) is 6.18. The smallest absolute Gasteiger partial charge is 0.168 e. The predicted molar refractivity (Wildman–Crippen MR) is 84.9 cm³/mol. The van der Waals surface area contributed by atoms with E-state index in [-0.39, 0.29) is 11.2 Å². The quantitative estimate of drug-likeness (QED) is 0.809. The van der Waals surface area contributed by atoms with Gasteiger partial charge >= 0.3 is 0 Å². The Morgan fingerprint density at radius 2 is 2.00 bits per heavy atom. The van der Waals surface area contributed by atoms with Crippen molar-refractivity contribution in [3.05, 3.63) is 23.8 Å². The highest BCUT2D eigenvalue weighted by Crippen LogP contribution is 2.55. The summed E-state index contributed by atoms with van der Waals surface area (Å²) in [6.45, 7) is 4.51. The van der Waals surface area contributed by atoms with E-state index in [9.17, 15) is 0 Å². The molecule has 3 aliphatic rings. The van der Waals surface area contributed by atoms with E-state index in [1.165, 1.54) is 5.56 Å². The summed E-state index contributed by atoms with van der Waals surface area (Å²) >= 11 is 0. The van der Waals surface area contributed by atoms with Gasteiger partial charge < -0.3 is 19.9 Å². The highest BCUT2D eigenvalue weighted by Gasteiger charge is 2.53. The van der Waals surface area contributed by atoms with Crippen LogP contribution in [0.3, 0.4) is 0 Å². The molecule has 2 N–H and O–H groups in total. The van der Waals surface area contributed by atoms with Gasteiger partial charge in [0.1, 0.15) is 5.75 Å². The summed E-state index contributed by atoms with van der Waals surface area (Å²) < 4.78 is 18.0. The summed E-state index contributed by atoms with van der Waals surface area (Å²) in [4.78, 5) is 0. The first-order valence-corrected chi connectivity index (χ1v) is 8.48. The minimum atomic E-state index is -0.332. The van der Waals surface area contributed by atoms with Gasteiger partial charge in [-0.25, -0.2) is 0 Å². The number of nitrogen functional groups attached to an aromatic ring is 1. The topological polar surface area (TPSA) is 53.7 Å². The van der Waals surface area contributed by atoms with Crippen LogP contribution < -0.4 is 10.5 Å². The number of fused-ring (bicyclic) bond motifs is 3. The molecule has 0 unspecified atom stereocenters. The van der Waals surface area contributed by atoms with E-state index in [1.54, 1.807) is 0 Å². The van der Waals surface area contributed by atoms with E-state index in [0.717, 1.165) is 63.4 Å². The van der Waals surface area contributed by atoms with Gasteiger partial charge in [-0.2, -0.15) is 0 Å². The second kappa shape index (κ2) is 5.14. The molecule has 0 radical (unpaired) electrons. The second-order valence-corrected chi connectivity index (χ2v) is 6.91. The van der Waals surface area contributed by atoms with Gasteiger partial charge in [0.25, 0.3) is 0 Å². The molecule has 1 saturated carbocycles. The molecule has 0 amide bonds. The molecule has 4 nitrogen and oxygen atoms in total. The van der Waals surface area contributed by atoms with Crippen molar-refractivity contribution in [1.82, 2.24) is 0 Å². The summed E-state index contributed by atoms with van der Waals surface area (Å²) in [5.41, 5.74) is 8.24. The summed E-state index contributed by atoms with van der Waals surface area (Å²) in [7, 11) is 0. The maximum Gasteiger partial charge on any atom is 0.168 e. The first-order valence-electron chi connectivity index (χ1n) is 8.48. The van der Waals surface area contributed by atoms with Crippen molar-refractivity contribution in [3.63, 3.8) is 0 Å². The molecule has 2 atom stereocenters. The third kappa shape index (κ3) is 2.04. The number of benzene rings is 1. The molecule has 1 saturated heterocycles. The standard InChI is InChI=1S/C18H25NO3/c1-2-17-6-7-18(21-9-10-22-18)12-13(17)5-8-20-16-11-14(19)3-4-15(16)17/h3-4,11,13H,2,5-10,12,19H2,1H3/t13-,17+/m0/s1. The SMILES string of the molecule is CC[C@@]12CCC3(C[C@@H]1CCOc1cc(N)ccc12)OCCO3. The van der Waals surface area contributed by atoms with Crippen LogP contribution in [0.15, 0.2) is 18.2 Å². The van der Waals surface area contributed by atoms with Crippen molar-refractivity contribution in [3.8, 4) is 5.75 Å². The minimum Gasteiger partial charge on any atom is -0.493 e. The van der Waals surface area contributed by atoms with Crippen molar-refractivity contribution in [2.24, 2.45) is 5.92 Å². The lowest BCUT2D eigenvalue weighted by Gasteiger charge is -2.49. The zero-order valence-corrected chi connectivity index (χ0v) is 13.3. The van der Waals surface area contributed by atoms with Crippen molar-refractivity contribution < 1.29 is 14.2 Å². The average molecular weight is 303 g/mol. The number of nitrogens with two attached hydrogens (primary N) is 1. The molecule has 2 fully saturated rings. The fourth-order valence-electron chi connectivity index (χ4n) is 4.82. The van der Waals surface area contributed by atoms with Crippen LogP contribution in [0.25, 0.3) is 0 Å². The van der Waals surface area contributed by atoms with Crippen molar-refractivity contribution in [1.29, 1.82) is 0 Å². The number of hydrogen-bond donors (Lipinski definition) is 1. The molecule has 2 aliphatic heterocycles. The molecule has 4 rings (SSSR count). The van der Waals surface area contributed by atoms with E-state index in [2.05, 4.69) is 13.0 Å². The first kappa shape index (κ1) is 14.3. The lowest BCUT2D eigenvalue weighted by Crippen LogP contribution is -2.48. The first-order chi connectivity index (χ1) is 10.7. The van der Waals surface area contributed by atoms with Crippen LogP contribution in [0.1, 0.15) is 44.6 Å². The molecular weight excluding hydrogens is 278 g/mol. The van der Waals surface area contributed by atoms with E-state index < -0.39 is 0 Å². The van der Waals surface area contributed by atoms with Gasteiger partial charge in [-0.3, -0.25) is 0 Å². The zero-order chi connectivity index (χ0) is 15.2. The van der Waals surface area contributed by atoms with Gasteiger partial charge in [-0.15, -0.1) is 0 Å². The normalized spacial score (nSPS) is 32.9. The summed E-state index contributed by atoms with van der Waals surface area (Å²) in [6.07, 6.45) is 5.22. The minimum absolute atomic E-state index is 0.167. The van der Waals surface area contributed by atoms with Gasteiger partial charge in [0, 0.05) is 35.6 Å². The molecule has 120 valence electrons. The predicted octanol–water partition coefficient (Wildman–Crippen LogP) is 3.24. The lowest BCUT2D eigenvalue weighted by molar-refractivity contribution is -0.199. The van der Waals surface area contributed by atoms with Gasteiger partial charge in [-0.1, -0.05) is 13.0 Å². The number of hydrogen-bond acceptors (Lipinski definition) is 4. The fraction of sp³-hybridized carbons (Fsp3) is 0.667. The summed E-state index contributed by atoms with van der Waals surface area (Å²) in [5.74, 6) is 1.18. The third-order valence-electron chi connectivity index (χ3n) is 6.00. The molecule has 0 aromatic heterocycles. The Hall–Kier alpha value is -1.26. The molecule has 22 heavy (non-hydrogen) atoms. The molecule has 1 spiro atoms. The molecule has 1 aromatic carbocycles. The van der Waals surface area contributed by atoms with Crippen molar-refractivity contribution in [2.75, 3.05) is 25.6 Å². The average Bonchev–Trinajstić information content (AvgIpc) is 2.90. The molecule has 1 aliphatic carbocycles. The number of rotatable bonds is 1. The largest absolute Gasteiger partial charge is 0.493 e. The Morgan fingerprint density at radius 1 is 1.18 bits per heavy atom. The van der Waals surface area contributed by atoms with Gasteiger partial charge in [-0.05, 0) is 31.2 Å². The maximum absolute atomic E-state index is 6.04. The van der Waals surface area contributed by atoms with Crippen LogP contribution in [0.5, 0.6) is 5.75 Å². The Balaban J connectivity index is 1.75. The van der Waals surface area contributed by atoms with Crippen LogP contribution in [0.2, 0.25) is 0 Å². The summed E-state index contributed by atoms with van der Waals surface area (Å²) in [5, 5.41) is 0. The van der Waals surface area contributed by atoms with Crippen LogP contribution in [0, 0.1) is 5.92 Å².